The first kappa shape index (κ1) is 54.1. The zero-order valence-corrected chi connectivity index (χ0v) is 37.3. The number of hydrogen-bond acceptors (Lipinski definition) is 6. The van der Waals surface area contributed by atoms with E-state index in [4.69, 9.17) is 14.2 Å². The Hall–Kier alpha value is -2.89. The zero-order chi connectivity index (χ0) is 41.5. The molecule has 0 radical (unpaired) electrons. The first-order valence-electron chi connectivity index (χ1n) is 23.8. The molecule has 6 heteroatoms. The molecule has 0 amide bonds. The van der Waals surface area contributed by atoms with Gasteiger partial charge < -0.3 is 14.2 Å². The van der Waals surface area contributed by atoms with Crippen LogP contribution in [-0.2, 0) is 28.6 Å². The molecule has 0 fully saturated rings. The minimum atomic E-state index is -0.822. The van der Waals surface area contributed by atoms with Crippen LogP contribution in [0.2, 0.25) is 0 Å². The van der Waals surface area contributed by atoms with Gasteiger partial charge in [0, 0.05) is 12.8 Å². The lowest BCUT2D eigenvalue weighted by Gasteiger charge is -2.18. The highest BCUT2D eigenvalue weighted by Gasteiger charge is 2.19. The molecule has 1 atom stereocenters. The molecule has 6 nitrogen and oxygen atoms in total. The second-order valence-electron chi connectivity index (χ2n) is 15.7. The van der Waals surface area contributed by atoms with Gasteiger partial charge in [-0.05, 0) is 44.9 Å². The number of ether oxygens (including phenoxy) is 3. The minimum absolute atomic E-state index is 0.101. The van der Waals surface area contributed by atoms with Crippen LogP contribution < -0.4 is 0 Å². The maximum atomic E-state index is 12.7. The summed E-state index contributed by atoms with van der Waals surface area (Å²) in [5.74, 6) is -1.04. The second kappa shape index (κ2) is 45.8. The Labute approximate surface area is 351 Å². The monoisotopic (exact) mass is 797 g/mol. The van der Waals surface area contributed by atoms with E-state index in [1.54, 1.807) is 6.08 Å². The highest BCUT2D eigenvalue weighted by atomic mass is 16.6. The van der Waals surface area contributed by atoms with Crippen LogP contribution >= 0.6 is 0 Å². The van der Waals surface area contributed by atoms with Crippen LogP contribution in [-0.4, -0.2) is 37.2 Å². The molecule has 0 rings (SSSR count). The van der Waals surface area contributed by atoms with Crippen molar-refractivity contribution in [3.8, 4) is 0 Å². The molecular weight excluding hydrogens is 709 g/mol. The quantitative estimate of drug-likeness (QED) is 0.0265. The van der Waals surface area contributed by atoms with Gasteiger partial charge in [-0.15, -0.1) is 0 Å². The highest BCUT2D eigenvalue weighted by molar-refractivity contribution is 5.72. The van der Waals surface area contributed by atoms with E-state index in [9.17, 15) is 14.4 Å². The number of carbonyl (C=O) groups excluding carboxylic acids is 3. The van der Waals surface area contributed by atoms with Gasteiger partial charge in [0.2, 0.25) is 0 Å². The molecule has 0 spiro atoms. The van der Waals surface area contributed by atoms with Crippen molar-refractivity contribution < 1.29 is 28.6 Å². The van der Waals surface area contributed by atoms with Crippen molar-refractivity contribution >= 4 is 17.9 Å². The molecule has 0 saturated carbocycles. The molecule has 1 unspecified atom stereocenters. The molecule has 0 aromatic rings. The van der Waals surface area contributed by atoms with Gasteiger partial charge in [-0.2, -0.15) is 0 Å². The molecule has 0 aromatic carbocycles. The van der Waals surface area contributed by atoms with Crippen LogP contribution in [0.1, 0.15) is 226 Å². The summed E-state index contributed by atoms with van der Waals surface area (Å²) in [7, 11) is 0. The van der Waals surface area contributed by atoms with E-state index >= 15 is 0 Å². The Balaban J connectivity index is 4.42. The number of allylic oxidation sites excluding steroid dienone is 9. The van der Waals surface area contributed by atoms with Crippen molar-refractivity contribution in [1.82, 2.24) is 0 Å². The van der Waals surface area contributed by atoms with Crippen LogP contribution in [0.3, 0.4) is 0 Å². The first-order chi connectivity index (χ1) is 28.0. The lowest BCUT2D eigenvalue weighted by atomic mass is 10.0. The highest BCUT2D eigenvalue weighted by Crippen LogP contribution is 2.15. The summed E-state index contributed by atoms with van der Waals surface area (Å²) in [5.41, 5.74) is 0. The summed E-state index contributed by atoms with van der Waals surface area (Å²) >= 11 is 0. The first-order valence-corrected chi connectivity index (χ1v) is 23.8. The van der Waals surface area contributed by atoms with Gasteiger partial charge in [0.05, 0.1) is 6.42 Å². The fraction of sp³-hybridized carbons (Fsp3) is 0.745. The maximum absolute atomic E-state index is 12.7. The number of esters is 3. The van der Waals surface area contributed by atoms with Crippen LogP contribution in [0.25, 0.3) is 0 Å². The van der Waals surface area contributed by atoms with Crippen LogP contribution in [0.5, 0.6) is 0 Å². The van der Waals surface area contributed by atoms with E-state index in [-0.39, 0.29) is 31.6 Å². The molecule has 0 bridgehead atoms. The van der Waals surface area contributed by atoms with E-state index in [1.165, 1.54) is 116 Å². The van der Waals surface area contributed by atoms with Crippen LogP contribution in [0, 0.1) is 0 Å². The van der Waals surface area contributed by atoms with Crippen LogP contribution in [0.4, 0.5) is 0 Å². The predicted molar refractivity (Wildman–Crippen MR) is 242 cm³/mol. The Bertz CT molecular complexity index is 1050. The second-order valence-corrected chi connectivity index (χ2v) is 15.7. The van der Waals surface area contributed by atoms with E-state index < -0.39 is 12.1 Å². The molecule has 0 saturated heterocycles. The van der Waals surface area contributed by atoms with Crippen molar-refractivity contribution in [3.05, 3.63) is 60.8 Å². The fourth-order valence-electron chi connectivity index (χ4n) is 6.52. The molecule has 0 N–H and O–H groups in total. The van der Waals surface area contributed by atoms with E-state index in [0.29, 0.717) is 12.8 Å². The lowest BCUT2D eigenvalue weighted by molar-refractivity contribution is -0.166. The van der Waals surface area contributed by atoms with Gasteiger partial charge in [0.1, 0.15) is 13.2 Å². The van der Waals surface area contributed by atoms with Crippen molar-refractivity contribution in [2.45, 2.75) is 232 Å². The topological polar surface area (TPSA) is 78.9 Å². The Morgan fingerprint density at radius 2 is 0.667 bits per heavy atom. The third kappa shape index (κ3) is 44.1. The van der Waals surface area contributed by atoms with Crippen molar-refractivity contribution in [1.29, 1.82) is 0 Å². The van der Waals surface area contributed by atoms with E-state index in [0.717, 1.165) is 70.6 Å². The molecule has 0 aliphatic rings. The fourth-order valence-corrected chi connectivity index (χ4v) is 6.52. The molecule has 0 heterocycles. The molecule has 57 heavy (non-hydrogen) atoms. The smallest absolute Gasteiger partial charge is 0.310 e. The maximum Gasteiger partial charge on any atom is 0.310 e. The van der Waals surface area contributed by atoms with E-state index in [2.05, 4.69) is 69.4 Å². The Kier molecular flexibility index (Phi) is 43.5. The SMILES string of the molecule is CC/C=C\C/C=C\C/C=C\C/C=C\C/C=C\CC(=O)OC(COC(=O)CCCCCCCCCC)COC(=O)CCCCCCCCCCCCCCCCCC. The molecule has 0 aromatic heterocycles. The largest absolute Gasteiger partial charge is 0.462 e. The lowest BCUT2D eigenvalue weighted by Crippen LogP contribution is -2.30. The normalized spacial score (nSPS) is 12.5. The predicted octanol–water partition coefficient (Wildman–Crippen LogP) is 15.3. The molecular formula is C51H88O6. The van der Waals surface area contributed by atoms with Gasteiger partial charge >= 0.3 is 17.9 Å². The van der Waals surface area contributed by atoms with Crippen molar-refractivity contribution in [3.63, 3.8) is 0 Å². The Morgan fingerprint density at radius 3 is 1.00 bits per heavy atom. The van der Waals surface area contributed by atoms with Crippen molar-refractivity contribution in [2.75, 3.05) is 13.2 Å². The summed E-state index contributed by atoms with van der Waals surface area (Å²) in [6.45, 7) is 6.41. The molecule has 0 aliphatic carbocycles. The average Bonchev–Trinajstić information content (AvgIpc) is 3.21. The molecule has 328 valence electrons. The van der Waals surface area contributed by atoms with Gasteiger partial charge in [-0.25, -0.2) is 0 Å². The number of rotatable bonds is 42. The van der Waals surface area contributed by atoms with Crippen LogP contribution in [0.15, 0.2) is 60.8 Å². The van der Waals surface area contributed by atoms with E-state index in [1.807, 2.05) is 6.08 Å². The summed E-state index contributed by atoms with van der Waals surface area (Å²) in [5, 5.41) is 0. The summed E-state index contributed by atoms with van der Waals surface area (Å²) in [6, 6.07) is 0. The standard InChI is InChI=1S/C51H88O6/c1-4-7-10-13-16-19-21-23-25-27-28-30-32-35-38-41-44-50(53)56-47-48(46-55-49(52)43-40-37-34-18-15-12-9-6-3)57-51(54)45-42-39-36-33-31-29-26-24-22-20-17-14-11-8-5-2/h8,11,17,20,24,26,31,33,39,42,48H,4-7,9-10,12-16,18-19,21-23,25,27-30,32,34-38,40-41,43-47H2,1-3H3/b11-8-,20-17-,26-24-,33-31-,42-39-. The van der Waals surface area contributed by atoms with Gasteiger partial charge in [-0.1, -0.05) is 223 Å². The molecule has 0 aliphatic heterocycles. The number of hydrogen-bond donors (Lipinski definition) is 0. The van der Waals surface area contributed by atoms with Gasteiger partial charge in [0.25, 0.3) is 0 Å². The average molecular weight is 797 g/mol. The van der Waals surface area contributed by atoms with Gasteiger partial charge in [-0.3, -0.25) is 14.4 Å². The third-order valence-corrected chi connectivity index (χ3v) is 10.1. The minimum Gasteiger partial charge on any atom is -0.462 e. The summed E-state index contributed by atoms with van der Waals surface area (Å²) in [4.78, 5) is 37.7. The third-order valence-electron chi connectivity index (χ3n) is 10.1. The zero-order valence-electron chi connectivity index (χ0n) is 37.3. The summed E-state index contributed by atoms with van der Waals surface area (Å²) in [6.07, 6.45) is 55.2. The number of unbranched alkanes of at least 4 members (excludes halogenated alkanes) is 22. The summed E-state index contributed by atoms with van der Waals surface area (Å²) < 4.78 is 16.6. The van der Waals surface area contributed by atoms with Crippen molar-refractivity contribution in [2.24, 2.45) is 0 Å². The Morgan fingerprint density at radius 1 is 0.368 bits per heavy atom. The number of carbonyl (C=O) groups is 3. The van der Waals surface area contributed by atoms with Gasteiger partial charge in [0.15, 0.2) is 6.10 Å².